The quantitative estimate of drug-likeness (QED) is 0.489. The first-order valence-electron chi connectivity index (χ1n) is 2.53. The minimum atomic E-state index is -4.10. The van der Waals surface area contributed by atoms with Crippen LogP contribution in [-0.4, -0.2) is 11.5 Å². The van der Waals surface area contributed by atoms with Crippen LogP contribution in [0.3, 0.4) is 0 Å². The van der Waals surface area contributed by atoms with E-state index in [0.29, 0.717) is 18.2 Å². The van der Waals surface area contributed by atoms with Gasteiger partial charge in [0.25, 0.3) is 0 Å². The van der Waals surface area contributed by atoms with Crippen molar-refractivity contribution in [2.75, 3.05) is 5.33 Å². The molecule has 0 aliphatic rings. The molecule has 55 valence electrons. The van der Waals surface area contributed by atoms with Crippen LogP contribution in [0.25, 0.3) is 0 Å². The standard InChI is InChI=1S/C5H7BrF3/c6-4-2-1-3-5(7,8)9/h3H,1-2,4H2. The van der Waals surface area contributed by atoms with Crippen LogP contribution in [0.1, 0.15) is 12.8 Å². The Morgan fingerprint density at radius 2 is 1.89 bits per heavy atom. The number of alkyl halides is 4. The van der Waals surface area contributed by atoms with Crippen molar-refractivity contribution in [3.8, 4) is 0 Å². The normalized spacial score (nSPS) is 12.0. The predicted molar refractivity (Wildman–Crippen MR) is 33.4 cm³/mol. The molecule has 0 aromatic heterocycles. The summed E-state index contributed by atoms with van der Waals surface area (Å²) in [5.74, 6) is 0. The van der Waals surface area contributed by atoms with Gasteiger partial charge in [-0.2, -0.15) is 13.2 Å². The van der Waals surface area contributed by atoms with Crippen molar-refractivity contribution in [2.24, 2.45) is 0 Å². The maximum absolute atomic E-state index is 11.3. The van der Waals surface area contributed by atoms with Crippen LogP contribution < -0.4 is 0 Å². The van der Waals surface area contributed by atoms with Gasteiger partial charge >= 0.3 is 6.18 Å². The van der Waals surface area contributed by atoms with Gasteiger partial charge in [-0.3, -0.25) is 0 Å². The number of unbranched alkanes of at least 4 members (excludes halogenated alkanes) is 1. The van der Waals surface area contributed by atoms with E-state index in [4.69, 9.17) is 0 Å². The summed E-state index contributed by atoms with van der Waals surface area (Å²) in [5, 5.41) is 0.625. The van der Waals surface area contributed by atoms with Gasteiger partial charge in [-0.15, -0.1) is 0 Å². The fraction of sp³-hybridized carbons (Fsp3) is 0.800. The minimum absolute atomic E-state index is 0.106. The Kier molecular flexibility index (Phi) is 4.27. The molecule has 0 rings (SSSR count). The molecule has 1 radical (unpaired) electrons. The second-order valence-electron chi connectivity index (χ2n) is 1.58. The van der Waals surface area contributed by atoms with Crippen LogP contribution in [0.2, 0.25) is 0 Å². The maximum atomic E-state index is 11.3. The van der Waals surface area contributed by atoms with Crippen molar-refractivity contribution in [1.29, 1.82) is 0 Å². The lowest BCUT2D eigenvalue weighted by Crippen LogP contribution is -2.07. The first kappa shape index (κ1) is 9.27. The highest BCUT2D eigenvalue weighted by atomic mass is 79.9. The summed E-state index contributed by atoms with van der Waals surface area (Å²) in [6.07, 6.45) is -3.08. The Bertz CT molecular complexity index is 69.1. The van der Waals surface area contributed by atoms with Gasteiger partial charge in [0.15, 0.2) is 0 Å². The molecule has 0 aromatic carbocycles. The van der Waals surface area contributed by atoms with Gasteiger partial charge in [0, 0.05) is 5.33 Å². The molecule has 0 aliphatic carbocycles. The SMILES string of the molecule is FC(F)(F)[CH]CCCBr. The Labute approximate surface area is 60.6 Å². The number of hydrogen-bond acceptors (Lipinski definition) is 0. The van der Waals surface area contributed by atoms with E-state index in [1.165, 1.54) is 0 Å². The molecule has 0 fully saturated rings. The van der Waals surface area contributed by atoms with E-state index in [0.717, 1.165) is 0 Å². The van der Waals surface area contributed by atoms with E-state index >= 15 is 0 Å². The highest BCUT2D eigenvalue weighted by molar-refractivity contribution is 9.09. The summed E-state index contributed by atoms with van der Waals surface area (Å²) in [7, 11) is 0. The van der Waals surface area contributed by atoms with Crippen LogP contribution in [-0.2, 0) is 0 Å². The second-order valence-corrected chi connectivity index (χ2v) is 2.37. The number of hydrogen-bond donors (Lipinski definition) is 0. The van der Waals surface area contributed by atoms with Crippen LogP contribution in [0, 0.1) is 6.42 Å². The second kappa shape index (κ2) is 4.14. The molecule has 0 bridgehead atoms. The van der Waals surface area contributed by atoms with Crippen LogP contribution in [0.4, 0.5) is 13.2 Å². The molecule has 0 spiro atoms. The first-order valence-corrected chi connectivity index (χ1v) is 3.65. The molecule has 0 unspecified atom stereocenters. The molecular formula is C5H7BrF3. The lowest BCUT2D eigenvalue weighted by Gasteiger charge is -2.02. The Morgan fingerprint density at radius 1 is 1.33 bits per heavy atom. The summed E-state index contributed by atoms with van der Waals surface area (Å²) < 4.78 is 33.9. The Balaban J connectivity index is 3.07. The smallest absolute Gasteiger partial charge is 0.171 e. The van der Waals surface area contributed by atoms with Gasteiger partial charge < -0.3 is 0 Å². The highest BCUT2D eigenvalue weighted by Gasteiger charge is 2.26. The van der Waals surface area contributed by atoms with Crippen molar-refractivity contribution < 1.29 is 13.2 Å². The summed E-state index contributed by atoms with van der Waals surface area (Å²) in [6.45, 7) is 0. The molecule has 0 N–H and O–H groups in total. The van der Waals surface area contributed by atoms with Gasteiger partial charge in [0.05, 0.1) is 6.42 Å². The van der Waals surface area contributed by atoms with Gasteiger partial charge in [0.2, 0.25) is 0 Å². The van der Waals surface area contributed by atoms with E-state index in [-0.39, 0.29) is 6.42 Å². The Hall–Kier alpha value is 0.270. The van der Waals surface area contributed by atoms with Crippen LogP contribution in [0.5, 0.6) is 0 Å². The molecule has 0 aromatic rings. The predicted octanol–water partition coefficient (Wildman–Crippen LogP) is 2.93. The summed E-state index contributed by atoms with van der Waals surface area (Å²) in [4.78, 5) is 0. The topological polar surface area (TPSA) is 0 Å². The molecule has 0 nitrogen and oxygen atoms in total. The summed E-state index contributed by atoms with van der Waals surface area (Å²) in [5.41, 5.74) is 0. The Morgan fingerprint density at radius 3 is 2.22 bits per heavy atom. The molecule has 0 saturated heterocycles. The zero-order valence-corrected chi connectivity index (χ0v) is 6.30. The fourth-order valence-electron chi connectivity index (χ4n) is 0.343. The van der Waals surface area contributed by atoms with E-state index in [1.54, 1.807) is 0 Å². The number of rotatable bonds is 3. The average Bonchev–Trinajstić information content (AvgIpc) is 1.63. The van der Waals surface area contributed by atoms with E-state index < -0.39 is 6.18 Å². The van der Waals surface area contributed by atoms with Crippen molar-refractivity contribution >= 4 is 15.9 Å². The summed E-state index contributed by atoms with van der Waals surface area (Å²) in [6, 6.07) is 0. The molecule has 4 heteroatoms. The third-order valence-electron chi connectivity index (χ3n) is 0.714. The van der Waals surface area contributed by atoms with E-state index in [1.807, 2.05) is 0 Å². The third-order valence-corrected chi connectivity index (χ3v) is 1.27. The zero-order chi connectivity index (χ0) is 7.33. The monoisotopic (exact) mass is 203 g/mol. The molecule has 0 aliphatic heterocycles. The van der Waals surface area contributed by atoms with Gasteiger partial charge in [-0.1, -0.05) is 15.9 Å². The molecule has 0 heterocycles. The van der Waals surface area contributed by atoms with Crippen molar-refractivity contribution in [2.45, 2.75) is 19.0 Å². The molecular weight excluding hydrogens is 197 g/mol. The molecule has 0 saturated carbocycles. The van der Waals surface area contributed by atoms with Crippen molar-refractivity contribution in [3.63, 3.8) is 0 Å². The summed E-state index contributed by atoms with van der Waals surface area (Å²) >= 11 is 3.03. The largest absolute Gasteiger partial charge is 0.392 e. The lowest BCUT2D eigenvalue weighted by molar-refractivity contribution is -0.0982. The molecule has 0 atom stereocenters. The van der Waals surface area contributed by atoms with Crippen molar-refractivity contribution in [3.05, 3.63) is 6.42 Å². The van der Waals surface area contributed by atoms with Crippen LogP contribution in [0.15, 0.2) is 0 Å². The lowest BCUT2D eigenvalue weighted by atomic mass is 10.2. The highest BCUT2D eigenvalue weighted by Crippen LogP contribution is 2.20. The maximum Gasteiger partial charge on any atom is 0.392 e. The fourth-order valence-corrected chi connectivity index (χ4v) is 0.667. The third kappa shape index (κ3) is 8.27. The average molecular weight is 204 g/mol. The van der Waals surface area contributed by atoms with Crippen LogP contribution >= 0.6 is 15.9 Å². The van der Waals surface area contributed by atoms with Gasteiger partial charge in [-0.05, 0) is 12.8 Å². The van der Waals surface area contributed by atoms with Gasteiger partial charge in [-0.25, -0.2) is 0 Å². The van der Waals surface area contributed by atoms with E-state index in [9.17, 15) is 13.2 Å². The molecule has 0 amide bonds. The minimum Gasteiger partial charge on any atom is -0.171 e. The van der Waals surface area contributed by atoms with Crippen molar-refractivity contribution in [1.82, 2.24) is 0 Å². The first-order chi connectivity index (χ1) is 4.06. The molecule has 9 heavy (non-hydrogen) atoms. The zero-order valence-electron chi connectivity index (χ0n) is 4.71. The number of halogens is 4. The van der Waals surface area contributed by atoms with E-state index in [2.05, 4.69) is 15.9 Å². The van der Waals surface area contributed by atoms with Gasteiger partial charge in [0.1, 0.15) is 0 Å².